The van der Waals surface area contributed by atoms with Crippen LogP contribution in [0.5, 0.6) is 0 Å². The van der Waals surface area contributed by atoms with Crippen LogP contribution in [-0.2, 0) is 11.1 Å². The minimum atomic E-state index is 0.343. The van der Waals surface area contributed by atoms with Gasteiger partial charge in [-0.2, -0.15) is 0 Å². The lowest BCUT2D eigenvalue weighted by Crippen LogP contribution is -2.36. The molecule has 96 valence electrons. The van der Waals surface area contributed by atoms with Crippen LogP contribution in [0.25, 0.3) is 11.4 Å². The molecule has 1 saturated heterocycles. The monoisotopic (exact) mass is 255 g/mol. The van der Waals surface area contributed by atoms with Crippen LogP contribution in [0.2, 0.25) is 0 Å². The summed E-state index contributed by atoms with van der Waals surface area (Å²) in [6.45, 7) is 3.22. The van der Waals surface area contributed by atoms with E-state index in [0.29, 0.717) is 12.1 Å². The Hall–Kier alpha value is -1.82. The number of hydrogen-bond donors (Lipinski definition) is 0. The fourth-order valence-electron chi connectivity index (χ4n) is 2.06. The number of rotatable bonds is 3. The number of ether oxygens (including phenoxy) is 1. The molecule has 6 heteroatoms. The van der Waals surface area contributed by atoms with E-state index in [1.54, 1.807) is 0 Å². The molecule has 2 aromatic rings. The van der Waals surface area contributed by atoms with Gasteiger partial charge in [0.25, 0.3) is 0 Å². The van der Waals surface area contributed by atoms with Crippen molar-refractivity contribution in [1.82, 2.24) is 10.1 Å². The van der Waals surface area contributed by atoms with Crippen LogP contribution >= 0.6 is 0 Å². The Morgan fingerprint density at radius 2 is 2.05 bits per heavy atom. The van der Waals surface area contributed by atoms with Gasteiger partial charge in [0.05, 0.1) is 26.8 Å². The number of hydrogen-bond acceptors (Lipinski definition) is 5. The zero-order valence-corrected chi connectivity index (χ0v) is 10.6. The van der Waals surface area contributed by atoms with Gasteiger partial charge >= 0.3 is 0 Å². The van der Waals surface area contributed by atoms with Crippen LogP contribution in [0.15, 0.2) is 28.8 Å². The van der Waals surface area contributed by atoms with E-state index in [-0.39, 0.29) is 0 Å². The lowest BCUT2D eigenvalue weighted by molar-refractivity contribution is 0.122. The van der Waals surface area contributed by atoms with Crippen molar-refractivity contribution in [2.75, 3.05) is 31.2 Å². The van der Waals surface area contributed by atoms with Crippen LogP contribution in [0.3, 0.4) is 0 Å². The predicted octanol–water partition coefficient (Wildman–Crippen LogP) is 1.24. The van der Waals surface area contributed by atoms with Gasteiger partial charge in [-0.25, -0.2) is 4.98 Å². The third-order valence-electron chi connectivity index (χ3n) is 3.09. The molecule has 1 aliphatic heterocycles. The van der Waals surface area contributed by atoms with Crippen molar-refractivity contribution >= 4 is 13.7 Å². The SMILES string of the molecule is [B]Cc1cc(-c2cccc(N3CCOCC3)n2)no1. The van der Waals surface area contributed by atoms with Crippen LogP contribution in [0.1, 0.15) is 5.76 Å². The van der Waals surface area contributed by atoms with Crippen LogP contribution in [0.4, 0.5) is 5.82 Å². The highest BCUT2D eigenvalue weighted by atomic mass is 16.5. The molecule has 0 aliphatic carbocycles. The maximum atomic E-state index is 5.51. The van der Waals surface area contributed by atoms with Gasteiger partial charge in [0.1, 0.15) is 17.3 Å². The van der Waals surface area contributed by atoms with Crippen molar-refractivity contribution < 1.29 is 9.26 Å². The van der Waals surface area contributed by atoms with Crippen molar-refractivity contribution in [2.45, 2.75) is 6.32 Å². The highest BCUT2D eigenvalue weighted by Crippen LogP contribution is 2.21. The molecule has 0 bridgehead atoms. The third kappa shape index (κ3) is 2.63. The Balaban J connectivity index is 1.86. The molecule has 0 saturated carbocycles. The summed E-state index contributed by atoms with van der Waals surface area (Å²) in [7, 11) is 5.51. The molecule has 19 heavy (non-hydrogen) atoms. The van der Waals surface area contributed by atoms with Gasteiger partial charge in [0.2, 0.25) is 0 Å². The first kappa shape index (κ1) is 12.2. The van der Waals surface area contributed by atoms with E-state index in [1.807, 2.05) is 24.3 Å². The van der Waals surface area contributed by atoms with Gasteiger partial charge in [0, 0.05) is 19.2 Å². The summed E-state index contributed by atoms with van der Waals surface area (Å²) in [5.41, 5.74) is 1.52. The van der Waals surface area contributed by atoms with Gasteiger partial charge in [-0.15, -0.1) is 0 Å². The van der Waals surface area contributed by atoms with E-state index >= 15 is 0 Å². The van der Waals surface area contributed by atoms with Crippen molar-refractivity contribution in [2.24, 2.45) is 0 Å². The van der Waals surface area contributed by atoms with E-state index in [4.69, 9.17) is 17.1 Å². The molecule has 5 nitrogen and oxygen atoms in total. The Kier molecular flexibility index (Phi) is 3.50. The van der Waals surface area contributed by atoms with Crippen molar-refractivity contribution in [3.63, 3.8) is 0 Å². The summed E-state index contributed by atoms with van der Waals surface area (Å²) in [6.07, 6.45) is 0.343. The molecule has 2 aromatic heterocycles. The fraction of sp³-hybridized carbons (Fsp3) is 0.385. The molecule has 0 unspecified atom stereocenters. The Bertz CT molecular complexity index is 552. The molecule has 1 aliphatic rings. The van der Waals surface area contributed by atoms with Crippen LogP contribution in [0, 0.1) is 0 Å². The third-order valence-corrected chi connectivity index (χ3v) is 3.09. The van der Waals surface area contributed by atoms with Crippen molar-refractivity contribution in [3.8, 4) is 11.4 Å². The summed E-state index contributed by atoms with van der Waals surface area (Å²) in [5, 5.41) is 3.98. The summed E-state index contributed by atoms with van der Waals surface area (Å²) < 4.78 is 10.4. The van der Waals surface area contributed by atoms with Gasteiger partial charge in [-0.1, -0.05) is 11.2 Å². The zero-order chi connectivity index (χ0) is 13.1. The highest BCUT2D eigenvalue weighted by molar-refractivity contribution is 6.08. The molecule has 3 heterocycles. The first-order valence-electron chi connectivity index (χ1n) is 6.32. The van der Waals surface area contributed by atoms with Crippen molar-refractivity contribution in [1.29, 1.82) is 0 Å². The number of anilines is 1. The molecule has 3 rings (SSSR count). The Morgan fingerprint density at radius 1 is 1.21 bits per heavy atom. The Labute approximate surface area is 113 Å². The summed E-state index contributed by atoms with van der Waals surface area (Å²) in [4.78, 5) is 6.83. The molecule has 0 N–H and O–H groups in total. The normalized spacial score (nSPS) is 15.7. The van der Waals surface area contributed by atoms with Crippen molar-refractivity contribution in [3.05, 3.63) is 30.0 Å². The minimum Gasteiger partial charge on any atom is -0.378 e. The second-order valence-corrected chi connectivity index (χ2v) is 4.36. The van der Waals surface area contributed by atoms with E-state index in [9.17, 15) is 0 Å². The summed E-state index contributed by atoms with van der Waals surface area (Å²) in [6, 6.07) is 7.72. The fourth-order valence-corrected chi connectivity index (χ4v) is 2.06. The lowest BCUT2D eigenvalue weighted by Gasteiger charge is -2.27. The van der Waals surface area contributed by atoms with Gasteiger partial charge < -0.3 is 14.2 Å². The first-order chi connectivity index (χ1) is 9.36. The number of nitrogens with zero attached hydrogens (tertiary/aromatic N) is 3. The maximum Gasteiger partial charge on any atom is 0.132 e. The molecule has 2 radical (unpaired) electrons. The smallest absolute Gasteiger partial charge is 0.132 e. The first-order valence-corrected chi connectivity index (χ1v) is 6.32. The van der Waals surface area contributed by atoms with E-state index < -0.39 is 0 Å². The van der Waals surface area contributed by atoms with E-state index in [0.717, 1.165) is 43.5 Å². The average molecular weight is 255 g/mol. The second-order valence-electron chi connectivity index (χ2n) is 4.36. The quantitative estimate of drug-likeness (QED) is 0.772. The maximum absolute atomic E-state index is 5.51. The number of morpholine rings is 1. The van der Waals surface area contributed by atoms with Crippen LogP contribution in [-0.4, -0.2) is 44.3 Å². The molecule has 0 spiro atoms. The minimum absolute atomic E-state index is 0.343. The topological polar surface area (TPSA) is 51.4 Å². The average Bonchev–Trinajstić information content (AvgIpc) is 2.97. The van der Waals surface area contributed by atoms with Gasteiger partial charge in [-0.3, -0.25) is 0 Å². The van der Waals surface area contributed by atoms with Gasteiger partial charge in [0.15, 0.2) is 0 Å². The largest absolute Gasteiger partial charge is 0.378 e. The van der Waals surface area contributed by atoms with Crippen LogP contribution < -0.4 is 4.90 Å². The van der Waals surface area contributed by atoms with E-state index in [1.165, 1.54) is 0 Å². The Morgan fingerprint density at radius 3 is 2.79 bits per heavy atom. The standard InChI is InChI=1S/C13H14BN3O2/c14-9-10-8-12(16-19-10)11-2-1-3-13(15-11)17-4-6-18-7-5-17/h1-3,8H,4-7,9H2. The molecule has 0 aromatic carbocycles. The summed E-state index contributed by atoms with van der Waals surface area (Å²) in [5.74, 6) is 1.60. The second kappa shape index (κ2) is 5.44. The molecular weight excluding hydrogens is 241 g/mol. The summed E-state index contributed by atoms with van der Waals surface area (Å²) >= 11 is 0. The van der Waals surface area contributed by atoms with Gasteiger partial charge in [-0.05, 0) is 18.5 Å². The lowest BCUT2D eigenvalue weighted by atomic mass is 10.0. The highest BCUT2D eigenvalue weighted by Gasteiger charge is 2.14. The number of pyridine rings is 1. The zero-order valence-electron chi connectivity index (χ0n) is 10.6. The molecule has 0 amide bonds. The molecule has 0 atom stereocenters. The predicted molar refractivity (Wildman–Crippen MR) is 72.2 cm³/mol. The number of aromatic nitrogens is 2. The molecule has 1 fully saturated rings. The van der Waals surface area contributed by atoms with E-state index in [2.05, 4.69) is 15.0 Å². The molecular formula is C13H14BN3O2.